The van der Waals surface area contributed by atoms with E-state index in [-0.39, 0.29) is 18.1 Å². The Balaban J connectivity index is 2.17. The Kier molecular flexibility index (Phi) is 4.93. The van der Waals surface area contributed by atoms with Crippen LogP contribution in [0.2, 0.25) is 0 Å². The number of rotatable bonds is 5. The van der Waals surface area contributed by atoms with Crippen LogP contribution < -0.4 is 19.8 Å². The predicted molar refractivity (Wildman–Crippen MR) is 97.8 cm³/mol. The summed E-state index contributed by atoms with van der Waals surface area (Å²) in [5, 5.41) is 0.653. The first-order valence-electron chi connectivity index (χ1n) is 8.07. The number of aryl methyl sites for hydroxylation is 1. The topological polar surface area (TPSA) is 66.8 Å². The third kappa shape index (κ3) is 3.39. The first-order chi connectivity index (χ1) is 12.5. The van der Waals surface area contributed by atoms with E-state index in [9.17, 15) is 9.59 Å². The molecule has 0 fully saturated rings. The highest BCUT2D eigenvalue weighted by Crippen LogP contribution is 2.35. The van der Waals surface area contributed by atoms with E-state index >= 15 is 0 Å². The molecular formula is C20H19NO5. The molecule has 6 nitrogen and oxygen atoms in total. The first-order valence-corrected chi connectivity index (χ1v) is 8.07. The highest BCUT2D eigenvalue weighted by atomic mass is 16.6. The maximum Gasteiger partial charge on any atom is 0.308 e. The predicted octanol–water partition coefficient (Wildman–Crippen LogP) is 3.05. The second-order valence-corrected chi connectivity index (χ2v) is 5.77. The molecule has 0 saturated carbocycles. The van der Waals surface area contributed by atoms with Gasteiger partial charge in [0.05, 0.1) is 12.6 Å². The number of carbonyl (C=O) groups is 1. The molecule has 0 spiro atoms. The van der Waals surface area contributed by atoms with Gasteiger partial charge in [-0.05, 0) is 17.7 Å². The van der Waals surface area contributed by atoms with Crippen molar-refractivity contribution in [2.75, 3.05) is 7.11 Å². The van der Waals surface area contributed by atoms with E-state index in [2.05, 4.69) is 0 Å². The number of aromatic nitrogens is 1. The van der Waals surface area contributed by atoms with Gasteiger partial charge in [-0.2, -0.15) is 0 Å². The minimum absolute atomic E-state index is 0.117. The second kappa shape index (κ2) is 7.31. The van der Waals surface area contributed by atoms with E-state index in [1.165, 1.54) is 11.5 Å². The summed E-state index contributed by atoms with van der Waals surface area (Å²) >= 11 is 0. The third-order valence-electron chi connectivity index (χ3n) is 3.99. The van der Waals surface area contributed by atoms with Crippen molar-refractivity contribution >= 4 is 16.9 Å². The number of carbonyl (C=O) groups excluding carboxylic acids is 1. The van der Waals surface area contributed by atoms with E-state index in [0.717, 1.165) is 5.56 Å². The molecule has 0 unspecified atom stereocenters. The van der Waals surface area contributed by atoms with Gasteiger partial charge >= 0.3 is 5.97 Å². The minimum Gasteiger partial charge on any atom is -0.497 e. The van der Waals surface area contributed by atoms with E-state index < -0.39 is 11.5 Å². The van der Waals surface area contributed by atoms with Crippen LogP contribution in [-0.4, -0.2) is 17.6 Å². The smallest absolute Gasteiger partial charge is 0.308 e. The monoisotopic (exact) mass is 353 g/mol. The number of nitrogens with zero attached hydrogens (tertiary/aromatic N) is 1. The summed E-state index contributed by atoms with van der Waals surface area (Å²) in [5.41, 5.74) is 1.10. The zero-order valence-corrected chi connectivity index (χ0v) is 14.8. The van der Waals surface area contributed by atoms with Crippen molar-refractivity contribution in [3.8, 4) is 17.2 Å². The number of esters is 1. The van der Waals surface area contributed by atoms with Gasteiger partial charge in [0.1, 0.15) is 12.4 Å². The number of methoxy groups -OCH3 is 1. The Hall–Kier alpha value is -3.28. The number of hydrogen-bond acceptors (Lipinski definition) is 5. The lowest BCUT2D eigenvalue weighted by Crippen LogP contribution is -2.22. The van der Waals surface area contributed by atoms with Crippen LogP contribution in [0.25, 0.3) is 10.9 Å². The van der Waals surface area contributed by atoms with E-state index in [0.29, 0.717) is 16.7 Å². The summed E-state index contributed by atoms with van der Waals surface area (Å²) in [4.78, 5) is 24.2. The Morgan fingerprint density at radius 3 is 2.46 bits per heavy atom. The van der Waals surface area contributed by atoms with Gasteiger partial charge in [0.15, 0.2) is 5.75 Å². The summed E-state index contributed by atoms with van der Waals surface area (Å²) in [7, 11) is 3.16. The molecule has 3 rings (SSSR count). The van der Waals surface area contributed by atoms with Crippen molar-refractivity contribution in [3.63, 3.8) is 0 Å². The molecule has 6 heteroatoms. The van der Waals surface area contributed by atoms with Crippen LogP contribution in [-0.2, 0) is 18.4 Å². The van der Waals surface area contributed by atoms with Gasteiger partial charge in [0.2, 0.25) is 5.75 Å². The molecule has 0 aliphatic rings. The van der Waals surface area contributed by atoms with Crippen LogP contribution >= 0.6 is 0 Å². The molecule has 2 aromatic carbocycles. The van der Waals surface area contributed by atoms with Gasteiger partial charge in [-0.25, -0.2) is 0 Å². The molecule has 0 aliphatic heterocycles. The molecule has 26 heavy (non-hydrogen) atoms. The van der Waals surface area contributed by atoms with Crippen LogP contribution in [0.4, 0.5) is 0 Å². The summed E-state index contributed by atoms with van der Waals surface area (Å²) in [6.07, 6.45) is 0. The van der Waals surface area contributed by atoms with Crippen molar-refractivity contribution in [2.45, 2.75) is 13.5 Å². The summed E-state index contributed by atoms with van der Waals surface area (Å²) < 4.78 is 17.7. The molecule has 0 aliphatic carbocycles. The third-order valence-corrected chi connectivity index (χ3v) is 3.99. The largest absolute Gasteiger partial charge is 0.497 e. The average Bonchev–Trinajstić information content (AvgIpc) is 2.65. The van der Waals surface area contributed by atoms with Crippen molar-refractivity contribution in [2.24, 2.45) is 7.05 Å². The van der Waals surface area contributed by atoms with Crippen LogP contribution in [0.15, 0.2) is 53.3 Å². The van der Waals surface area contributed by atoms with Gasteiger partial charge in [0.25, 0.3) is 5.56 Å². The zero-order chi connectivity index (χ0) is 18.7. The molecule has 134 valence electrons. The quantitative estimate of drug-likeness (QED) is 0.660. The van der Waals surface area contributed by atoms with Gasteiger partial charge in [-0.15, -0.1) is 0 Å². The van der Waals surface area contributed by atoms with Crippen LogP contribution in [0.3, 0.4) is 0 Å². The number of benzene rings is 2. The Morgan fingerprint density at radius 2 is 1.81 bits per heavy atom. The molecule has 1 aromatic heterocycles. The highest BCUT2D eigenvalue weighted by molar-refractivity contribution is 5.89. The molecule has 3 aromatic rings. The molecule has 0 saturated heterocycles. The average molecular weight is 353 g/mol. The Morgan fingerprint density at radius 1 is 1.08 bits per heavy atom. The van der Waals surface area contributed by atoms with Gasteiger partial charge < -0.3 is 18.8 Å². The van der Waals surface area contributed by atoms with E-state index in [1.54, 1.807) is 32.4 Å². The lowest BCUT2D eigenvalue weighted by atomic mass is 10.1. The van der Waals surface area contributed by atoms with Gasteiger partial charge in [0, 0.05) is 25.4 Å². The molecule has 0 bridgehead atoms. The fraction of sp³-hybridized carbons (Fsp3) is 0.200. The molecule has 1 heterocycles. The van der Waals surface area contributed by atoms with E-state index in [4.69, 9.17) is 14.2 Å². The van der Waals surface area contributed by atoms with E-state index in [1.807, 2.05) is 30.3 Å². The summed E-state index contributed by atoms with van der Waals surface area (Å²) in [6, 6.07) is 14.8. The van der Waals surface area contributed by atoms with Gasteiger partial charge in [-0.1, -0.05) is 30.3 Å². The maximum atomic E-state index is 12.7. The van der Waals surface area contributed by atoms with Crippen LogP contribution in [0, 0.1) is 0 Å². The van der Waals surface area contributed by atoms with Crippen molar-refractivity contribution < 1.29 is 19.0 Å². The first kappa shape index (κ1) is 17.5. The lowest BCUT2D eigenvalue weighted by Gasteiger charge is -2.16. The maximum absolute atomic E-state index is 12.7. The summed E-state index contributed by atoms with van der Waals surface area (Å²) in [5.74, 6) is 0.152. The Labute approximate surface area is 150 Å². The highest BCUT2D eigenvalue weighted by Gasteiger charge is 2.20. The molecule has 0 radical (unpaired) electrons. The summed E-state index contributed by atoms with van der Waals surface area (Å²) in [6.45, 7) is 1.49. The number of fused-ring (bicyclic) bond motifs is 1. The van der Waals surface area contributed by atoms with Gasteiger partial charge in [-0.3, -0.25) is 9.59 Å². The van der Waals surface area contributed by atoms with Crippen molar-refractivity contribution in [1.82, 2.24) is 4.57 Å². The molecule has 0 N–H and O–H groups in total. The number of ether oxygens (including phenoxy) is 3. The number of pyridine rings is 1. The standard InChI is InChI=1S/C20H19NO5/c1-13(22)26-19-18(25-12-14-7-5-4-6-8-14)16-10-9-15(24-3)11-17(16)21(2)20(19)23/h4-11H,12H2,1-3H3. The zero-order valence-electron chi connectivity index (χ0n) is 14.8. The normalized spacial score (nSPS) is 10.6. The second-order valence-electron chi connectivity index (χ2n) is 5.77. The minimum atomic E-state index is -0.584. The fourth-order valence-corrected chi connectivity index (χ4v) is 2.70. The lowest BCUT2D eigenvalue weighted by molar-refractivity contribution is -0.132. The molecule has 0 atom stereocenters. The SMILES string of the molecule is COc1ccc2c(OCc3ccccc3)c(OC(C)=O)c(=O)n(C)c2c1. The van der Waals surface area contributed by atoms with Crippen molar-refractivity contribution in [1.29, 1.82) is 0 Å². The molecular weight excluding hydrogens is 334 g/mol. The molecule has 0 amide bonds. The van der Waals surface area contributed by atoms with Crippen LogP contribution in [0.5, 0.6) is 17.2 Å². The van der Waals surface area contributed by atoms with Crippen LogP contribution in [0.1, 0.15) is 12.5 Å². The Bertz CT molecular complexity index is 1010. The fourth-order valence-electron chi connectivity index (χ4n) is 2.70. The van der Waals surface area contributed by atoms with Crippen molar-refractivity contribution in [3.05, 3.63) is 64.4 Å². The number of hydrogen-bond donors (Lipinski definition) is 0.